The molecule has 0 radical (unpaired) electrons. The minimum absolute atomic E-state index is 0.270. The van der Waals surface area contributed by atoms with Gasteiger partial charge < -0.3 is 9.84 Å². The van der Waals surface area contributed by atoms with Gasteiger partial charge in [0.25, 0.3) is 0 Å². The Kier molecular flexibility index (Phi) is 4.70. The van der Waals surface area contributed by atoms with Crippen molar-refractivity contribution < 1.29 is 14.6 Å². The Morgan fingerprint density at radius 3 is 2.61 bits per heavy atom. The van der Waals surface area contributed by atoms with Gasteiger partial charge in [0.2, 0.25) is 5.88 Å². The molecule has 1 aromatic carbocycles. The van der Waals surface area contributed by atoms with Gasteiger partial charge in [-0.05, 0) is 30.7 Å². The second-order valence-corrected chi connectivity index (χ2v) is 7.68. The number of aryl methyl sites for hydroxylation is 2. The molecule has 0 aliphatic rings. The van der Waals surface area contributed by atoms with Crippen molar-refractivity contribution in [3.05, 3.63) is 65.1 Å². The molecule has 5 rings (SSSR count). The van der Waals surface area contributed by atoms with E-state index in [0.29, 0.717) is 28.3 Å². The third kappa shape index (κ3) is 3.32. The topological polar surface area (TPSA) is 117 Å². The molecule has 33 heavy (non-hydrogen) atoms. The smallest absolute Gasteiger partial charge is 0.333 e. The molecular formula is C23H20N6O4. The van der Waals surface area contributed by atoms with Crippen molar-refractivity contribution in [3.8, 4) is 22.7 Å². The van der Waals surface area contributed by atoms with Crippen LogP contribution in [0.4, 0.5) is 0 Å². The van der Waals surface area contributed by atoms with Crippen LogP contribution in [-0.2, 0) is 18.4 Å². The highest BCUT2D eigenvalue weighted by Crippen LogP contribution is 2.30. The lowest BCUT2D eigenvalue weighted by Gasteiger charge is -2.08. The first kappa shape index (κ1) is 20.4. The Morgan fingerprint density at radius 2 is 1.91 bits per heavy atom. The molecule has 0 aliphatic carbocycles. The van der Waals surface area contributed by atoms with Crippen LogP contribution in [0.2, 0.25) is 0 Å². The van der Waals surface area contributed by atoms with E-state index >= 15 is 0 Å². The van der Waals surface area contributed by atoms with Crippen molar-refractivity contribution in [2.75, 3.05) is 7.11 Å². The van der Waals surface area contributed by atoms with Crippen molar-refractivity contribution in [1.29, 1.82) is 0 Å². The standard InChI is InChI=1S/C23H20N6O4/c1-13-19(11-28(26-13)12-21(30)31)29-22-16-8-14(15-5-7-20(33-3)25-9-15)4-6-17(16)24-10-18(22)27(2)23(29)32/h4-11H,12H2,1-3H3,(H,30,31). The number of aliphatic carboxylic acids is 1. The summed E-state index contributed by atoms with van der Waals surface area (Å²) in [6, 6.07) is 9.53. The number of hydrogen-bond donors (Lipinski definition) is 1. The van der Waals surface area contributed by atoms with Crippen molar-refractivity contribution in [2.45, 2.75) is 13.5 Å². The van der Waals surface area contributed by atoms with Gasteiger partial charge in [0.15, 0.2) is 0 Å². The fraction of sp³-hybridized carbons (Fsp3) is 0.174. The molecule has 0 fully saturated rings. The fourth-order valence-electron chi connectivity index (χ4n) is 4.02. The van der Waals surface area contributed by atoms with Crippen LogP contribution in [0.25, 0.3) is 38.8 Å². The number of nitrogens with zero attached hydrogens (tertiary/aromatic N) is 6. The predicted octanol–water partition coefficient (Wildman–Crippen LogP) is 2.54. The summed E-state index contributed by atoms with van der Waals surface area (Å²) >= 11 is 0. The first-order valence-electron chi connectivity index (χ1n) is 10.1. The van der Waals surface area contributed by atoms with Crippen LogP contribution < -0.4 is 10.4 Å². The van der Waals surface area contributed by atoms with Gasteiger partial charge in [0.1, 0.15) is 6.54 Å². The zero-order valence-corrected chi connectivity index (χ0v) is 18.2. The number of ether oxygens (including phenoxy) is 1. The van der Waals surface area contributed by atoms with Crippen molar-refractivity contribution in [2.24, 2.45) is 7.05 Å². The Bertz CT molecular complexity index is 1590. The van der Waals surface area contributed by atoms with Crippen LogP contribution in [0.1, 0.15) is 5.69 Å². The molecule has 4 heterocycles. The third-order valence-electron chi connectivity index (χ3n) is 5.62. The molecule has 4 aromatic heterocycles. The number of carbonyl (C=O) groups is 1. The molecule has 5 aromatic rings. The number of rotatable bonds is 5. The molecular weight excluding hydrogens is 424 g/mol. The van der Waals surface area contributed by atoms with Crippen LogP contribution in [0, 0.1) is 6.92 Å². The van der Waals surface area contributed by atoms with Gasteiger partial charge in [0.05, 0.1) is 47.4 Å². The highest BCUT2D eigenvalue weighted by molar-refractivity contribution is 6.04. The summed E-state index contributed by atoms with van der Waals surface area (Å²) in [7, 11) is 3.25. The first-order chi connectivity index (χ1) is 15.9. The Labute approximate surface area is 187 Å². The summed E-state index contributed by atoms with van der Waals surface area (Å²) in [5.74, 6) is -0.490. The normalized spacial score (nSPS) is 11.4. The van der Waals surface area contributed by atoms with Crippen molar-refractivity contribution in [3.63, 3.8) is 0 Å². The highest BCUT2D eigenvalue weighted by Gasteiger charge is 2.20. The van der Waals surface area contributed by atoms with Crippen LogP contribution in [-0.4, -0.2) is 47.1 Å². The summed E-state index contributed by atoms with van der Waals surface area (Å²) in [5.41, 5.74) is 4.66. The highest BCUT2D eigenvalue weighted by atomic mass is 16.5. The molecule has 0 saturated heterocycles. The van der Waals surface area contributed by atoms with E-state index in [1.54, 1.807) is 50.3 Å². The van der Waals surface area contributed by atoms with Crippen LogP contribution in [0.3, 0.4) is 0 Å². The lowest BCUT2D eigenvalue weighted by Crippen LogP contribution is -2.21. The Hall–Kier alpha value is -4.47. The van der Waals surface area contributed by atoms with E-state index in [-0.39, 0.29) is 12.2 Å². The Morgan fingerprint density at radius 1 is 1.12 bits per heavy atom. The largest absolute Gasteiger partial charge is 0.481 e. The van der Waals surface area contributed by atoms with E-state index in [2.05, 4.69) is 15.1 Å². The summed E-state index contributed by atoms with van der Waals surface area (Å²) in [6.45, 7) is 1.45. The van der Waals surface area contributed by atoms with Crippen LogP contribution >= 0.6 is 0 Å². The quantitative estimate of drug-likeness (QED) is 0.443. The van der Waals surface area contributed by atoms with Crippen LogP contribution in [0.15, 0.2) is 53.7 Å². The molecule has 0 saturated carbocycles. The van der Waals surface area contributed by atoms with E-state index in [0.717, 1.165) is 22.0 Å². The number of imidazole rings is 1. The number of hydrogen-bond acceptors (Lipinski definition) is 6. The number of pyridine rings is 2. The maximum atomic E-state index is 13.3. The van der Waals surface area contributed by atoms with Gasteiger partial charge in [-0.3, -0.25) is 23.6 Å². The molecule has 10 nitrogen and oxygen atoms in total. The van der Waals surface area contributed by atoms with E-state index in [4.69, 9.17) is 9.84 Å². The summed E-state index contributed by atoms with van der Waals surface area (Å²) in [4.78, 5) is 33.2. The fourth-order valence-corrected chi connectivity index (χ4v) is 4.02. The van der Waals surface area contributed by atoms with Crippen molar-refractivity contribution >= 4 is 27.9 Å². The number of aromatic nitrogens is 6. The first-order valence-corrected chi connectivity index (χ1v) is 10.1. The minimum atomic E-state index is -1.01. The average molecular weight is 444 g/mol. The molecule has 166 valence electrons. The molecule has 0 aliphatic heterocycles. The zero-order chi connectivity index (χ0) is 23.3. The van der Waals surface area contributed by atoms with Gasteiger partial charge in [-0.15, -0.1) is 0 Å². The van der Waals surface area contributed by atoms with Gasteiger partial charge in [-0.2, -0.15) is 5.10 Å². The zero-order valence-electron chi connectivity index (χ0n) is 18.2. The molecule has 0 spiro atoms. The Balaban J connectivity index is 1.79. The van der Waals surface area contributed by atoms with Crippen LogP contribution in [0.5, 0.6) is 5.88 Å². The number of benzene rings is 1. The summed E-state index contributed by atoms with van der Waals surface area (Å²) in [5, 5.41) is 14.2. The molecule has 0 amide bonds. The van der Waals surface area contributed by atoms with E-state index in [1.807, 2.05) is 24.3 Å². The number of carboxylic acids is 1. The third-order valence-corrected chi connectivity index (χ3v) is 5.62. The van der Waals surface area contributed by atoms with E-state index in [1.165, 1.54) is 9.25 Å². The second kappa shape index (κ2) is 7.59. The molecule has 0 unspecified atom stereocenters. The summed E-state index contributed by atoms with van der Waals surface area (Å²) in [6.07, 6.45) is 4.97. The number of carboxylic acid groups (broad SMARTS) is 1. The second-order valence-electron chi connectivity index (χ2n) is 7.68. The maximum absolute atomic E-state index is 13.3. The van der Waals surface area contributed by atoms with Crippen molar-refractivity contribution in [1.82, 2.24) is 28.9 Å². The summed E-state index contributed by atoms with van der Waals surface area (Å²) < 4.78 is 9.55. The van der Waals surface area contributed by atoms with Gasteiger partial charge in [0, 0.05) is 30.3 Å². The number of methoxy groups -OCH3 is 1. The molecule has 10 heteroatoms. The molecule has 0 atom stereocenters. The van der Waals surface area contributed by atoms with E-state index in [9.17, 15) is 9.59 Å². The SMILES string of the molecule is COc1ccc(-c2ccc3ncc4c(c3c2)n(-c2cn(CC(=O)O)nc2C)c(=O)n4C)cn1. The van der Waals surface area contributed by atoms with Gasteiger partial charge in [-0.25, -0.2) is 9.78 Å². The predicted molar refractivity (Wildman–Crippen MR) is 122 cm³/mol. The molecule has 0 bridgehead atoms. The minimum Gasteiger partial charge on any atom is -0.481 e. The molecule has 1 N–H and O–H groups in total. The van der Waals surface area contributed by atoms with E-state index < -0.39 is 5.97 Å². The van der Waals surface area contributed by atoms with Gasteiger partial charge >= 0.3 is 11.7 Å². The number of fused-ring (bicyclic) bond motifs is 3. The lowest BCUT2D eigenvalue weighted by molar-refractivity contribution is -0.137. The maximum Gasteiger partial charge on any atom is 0.333 e. The average Bonchev–Trinajstić information content (AvgIpc) is 3.29. The lowest BCUT2D eigenvalue weighted by atomic mass is 10.0. The van der Waals surface area contributed by atoms with Gasteiger partial charge in [-0.1, -0.05) is 6.07 Å². The monoisotopic (exact) mass is 444 g/mol.